The molecule has 0 unspecified atom stereocenters. The molecule has 1 aromatic rings. The maximum Gasteiger partial charge on any atom is 0.354 e. The van der Waals surface area contributed by atoms with Gasteiger partial charge >= 0.3 is 5.69 Å². The number of imidazole rings is 1. The van der Waals surface area contributed by atoms with Gasteiger partial charge in [-0.25, -0.2) is 13.2 Å². The first-order valence-electron chi connectivity index (χ1n) is 9.54. The highest BCUT2D eigenvalue weighted by Gasteiger charge is 2.26. The summed E-state index contributed by atoms with van der Waals surface area (Å²) < 4.78 is 31.5. The van der Waals surface area contributed by atoms with Crippen LogP contribution in [0.1, 0.15) is 37.3 Å². The summed E-state index contributed by atoms with van der Waals surface area (Å²) >= 11 is 6.51. The van der Waals surface area contributed by atoms with E-state index in [1.54, 1.807) is 35.2 Å². The van der Waals surface area contributed by atoms with Gasteiger partial charge in [-0.15, -0.1) is 23.1 Å². The molecule has 0 saturated carbocycles. The minimum atomic E-state index is -3.87. The SMILES string of the molecule is Cc1sc(SCCCC(C)C)c2c(NS(=O)(=O)c3ccc(Br)cc3)nc(=O)n-2c1C. The number of aromatic nitrogens is 2. The van der Waals surface area contributed by atoms with Crippen LogP contribution >= 0.6 is 39.0 Å². The number of anilines is 1. The molecule has 10 heteroatoms. The van der Waals surface area contributed by atoms with Gasteiger partial charge in [0.1, 0.15) is 5.69 Å². The van der Waals surface area contributed by atoms with Crippen molar-refractivity contribution in [2.24, 2.45) is 5.92 Å². The van der Waals surface area contributed by atoms with Crippen molar-refractivity contribution in [3.63, 3.8) is 0 Å². The second-order valence-corrected chi connectivity index (χ2v) is 12.6. The van der Waals surface area contributed by atoms with E-state index in [4.69, 9.17) is 0 Å². The van der Waals surface area contributed by atoms with E-state index in [1.165, 1.54) is 16.7 Å². The van der Waals surface area contributed by atoms with Crippen LogP contribution in [0, 0.1) is 19.8 Å². The summed E-state index contributed by atoms with van der Waals surface area (Å²) in [5.74, 6) is 1.60. The molecule has 0 amide bonds. The standard InChI is InChI=1S/C20H24BrN3O3S3/c1-12(2)6-5-11-28-19-17-18(22-20(25)24(17)13(3)14(4)29-19)23-30(26,27)16-9-7-15(21)8-10-16/h7-10,12H,5-6,11H2,1-4H3,(H,22,23,25). The van der Waals surface area contributed by atoms with Gasteiger partial charge in [0.15, 0.2) is 5.82 Å². The quantitative estimate of drug-likeness (QED) is 0.310. The minimum absolute atomic E-state index is 0.0774. The lowest BCUT2D eigenvalue weighted by Crippen LogP contribution is -2.17. The lowest BCUT2D eigenvalue weighted by atomic mass is 10.1. The summed E-state index contributed by atoms with van der Waals surface area (Å²) in [4.78, 5) is 17.8. The van der Waals surface area contributed by atoms with Gasteiger partial charge < -0.3 is 0 Å². The van der Waals surface area contributed by atoms with Crippen LogP contribution in [0.2, 0.25) is 0 Å². The average Bonchev–Trinajstić information content (AvgIpc) is 2.98. The Balaban J connectivity index is 2.00. The Bertz CT molecular complexity index is 1170. The normalized spacial score (nSPS) is 12.1. The molecule has 30 heavy (non-hydrogen) atoms. The molecule has 0 bridgehead atoms. The van der Waals surface area contributed by atoms with Gasteiger partial charge in [-0.1, -0.05) is 36.2 Å². The van der Waals surface area contributed by atoms with E-state index in [-0.39, 0.29) is 10.7 Å². The van der Waals surface area contributed by atoms with Crippen molar-refractivity contribution in [1.29, 1.82) is 0 Å². The molecular weight excluding hydrogens is 506 g/mol. The molecule has 0 atom stereocenters. The first-order chi connectivity index (χ1) is 14.1. The molecule has 0 saturated heterocycles. The molecule has 0 radical (unpaired) electrons. The number of fused-ring (bicyclic) bond motifs is 1. The summed E-state index contributed by atoms with van der Waals surface area (Å²) in [6.45, 7) is 8.19. The van der Waals surface area contributed by atoms with Crippen LogP contribution in [-0.2, 0) is 10.0 Å². The van der Waals surface area contributed by atoms with Gasteiger partial charge in [0.2, 0.25) is 0 Å². The Hall–Kier alpha value is -1.36. The zero-order valence-electron chi connectivity index (χ0n) is 17.2. The van der Waals surface area contributed by atoms with E-state index >= 15 is 0 Å². The lowest BCUT2D eigenvalue weighted by Gasteiger charge is -2.16. The number of rotatable bonds is 8. The monoisotopic (exact) mass is 529 g/mol. The van der Waals surface area contributed by atoms with Gasteiger partial charge in [0.05, 0.1) is 9.10 Å². The van der Waals surface area contributed by atoms with Crippen molar-refractivity contribution in [1.82, 2.24) is 9.55 Å². The smallest absolute Gasteiger partial charge is 0.261 e. The molecule has 0 fully saturated rings. The Morgan fingerprint density at radius 1 is 1.23 bits per heavy atom. The van der Waals surface area contributed by atoms with Crippen LogP contribution in [0.5, 0.6) is 0 Å². The molecule has 0 spiro atoms. The fourth-order valence-electron chi connectivity index (χ4n) is 2.94. The summed E-state index contributed by atoms with van der Waals surface area (Å²) in [5.41, 5.74) is 0.826. The van der Waals surface area contributed by atoms with E-state index in [0.29, 0.717) is 11.6 Å². The fraction of sp³-hybridized carbons (Fsp3) is 0.400. The average molecular weight is 531 g/mol. The summed E-state index contributed by atoms with van der Waals surface area (Å²) in [7, 11) is -3.87. The zero-order valence-corrected chi connectivity index (χ0v) is 21.3. The number of aryl methyl sites for hydroxylation is 1. The number of hydrogen-bond acceptors (Lipinski definition) is 6. The summed E-state index contributed by atoms with van der Waals surface area (Å²) in [5, 5.41) is 0. The van der Waals surface area contributed by atoms with E-state index in [9.17, 15) is 13.2 Å². The third-order valence-corrected chi connectivity index (χ3v) is 9.06. The highest BCUT2D eigenvalue weighted by atomic mass is 79.9. The van der Waals surface area contributed by atoms with E-state index < -0.39 is 15.7 Å². The van der Waals surface area contributed by atoms with Crippen molar-refractivity contribution in [3.05, 3.63) is 49.8 Å². The van der Waals surface area contributed by atoms with Crippen molar-refractivity contribution in [3.8, 4) is 5.69 Å². The number of hydrogen-bond donors (Lipinski definition) is 1. The minimum Gasteiger partial charge on any atom is -0.261 e. The molecule has 6 nitrogen and oxygen atoms in total. The highest BCUT2D eigenvalue weighted by molar-refractivity contribution is 9.10. The Labute approximate surface area is 193 Å². The van der Waals surface area contributed by atoms with Crippen molar-refractivity contribution in [2.75, 3.05) is 10.5 Å². The first kappa shape index (κ1) is 23.3. The molecule has 2 aliphatic rings. The van der Waals surface area contributed by atoms with Crippen molar-refractivity contribution < 1.29 is 8.42 Å². The summed E-state index contributed by atoms with van der Waals surface area (Å²) in [6.07, 6.45) is 2.17. The molecular formula is C20H24BrN3O3S3. The number of nitrogens with zero attached hydrogens (tertiary/aromatic N) is 2. The fourth-order valence-corrected chi connectivity index (χ4v) is 6.70. The van der Waals surface area contributed by atoms with E-state index in [2.05, 4.69) is 39.5 Å². The molecule has 3 rings (SSSR count). The lowest BCUT2D eigenvalue weighted by molar-refractivity contribution is 0.579. The number of nitrogens with one attached hydrogen (secondary N) is 1. The van der Waals surface area contributed by atoms with Gasteiger partial charge in [-0.05, 0) is 56.2 Å². The predicted molar refractivity (Wildman–Crippen MR) is 128 cm³/mol. The van der Waals surface area contributed by atoms with Gasteiger partial charge in [0, 0.05) is 15.0 Å². The maximum absolute atomic E-state index is 12.9. The van der Waals surface area contributed by atoms with Crippen LogP contribution in [0.25, 0.3) is 5.69 Å². The zero-order chi connectivity index (χ0) is 22.1. The van der Waals surface area contributed by atoms with Crippen LogP contribution in [0.15, 0.2) is 42.6 Å². The highest BCUT2D eigenvalue weighted by Crippen LogP contribution is 2.38. The molecule has 2 heterocycles. The molecule has 1 aromatic carbocycles. The van der Waals surface area contributed by atoms with Crippen molar-refractivity contribution in [2.45, 2.75) is 49.6 Å². The van der Waals surface area contributed by atoms with Crippen LogP contribution in [-0.4, -0.2) is 23.7 Å². The Kier molecular flexibility index (Phi) is 7.32. The largest absolute Gasteiger partial charge is 0.354 e. The van der Waals surface area contributed by atoms with Gasteiger partial charge in [-0.3, -0.25) is 9.29 Å². The summed E-state index contributed by atoms with van der Waals surface area (Å²) in [6, 6.07) is 6.32. The van der Waals surface area contributed by atoms with Crippen LogP contribution in [0.4, 0.5) is 5.82 Å². The molecule has 2 aliphatic heterocycles. The molecule has 162 valence electrons. The van der Waals surface area contributed by atoms with E-state index in [1.807, 2.05) is 13.8 Å². The first-order valence-corrected chi connectivity index (χ1v) is 13.6. The number of halogens is 1. The number of thioether (sulfide) groups is 1. The predicted octanol–water partition coefficient (Wildman–Crippen LogP) is 5.44. The molecule has 0 aliphatic carbocycles. The second kappa shape index (κ2) is 9.42. The van der Waals surface area contributed by atoms with Crippen molar-refractivity contribution >= 4 is 54.9 Å². The van der Waals surface area contributed by atoms with Crippen LogP contribution < -0.4 is 10.4 Å². The second-order valence-electron chi connectivity index (χ2n) is 7.40. The number of sulfonamides is 1. The molecule has 1 N–H and O–H groups in total. The topological polar surface area (TPSA) is 81.1 Å². The van der Waals surface area contributed by atoms with Crippen LogP contribution in [0.3, 0.4) is 0 Å². The third-order valence-electron chi connectivity index (χ3n) is 4.64. The van der Waals surface area contributed by atoms with Gasteiger partial charge in [-0.2, -0.15) is 4.98 Å². The van der Waals surface area contributed by atoms with Gasteiger partial charge in [0.25, 0.3) is 10.0 Å². The maximum atomic E-state index is 12.9. The molecule has 0 aromatic heterocycles. The Morgan fingerprint density at radius 2 is 1.90 bits per heavy atom. The third kappa shape index (κ3) is 5.09. The Morgan fingerprint density at radius 3 is 2.53 bits per heavy atom. The van der Waals surface area contributed by atoms with E-state index in [0.717, 1.165) is 37.8 Å². The number of benzene rings is 1.